The number of nitrogens with one attached hydrogen (secondary N) is 1. The molecule has 0 spiro atoms. The molecule has 0 unspecified atom stereocenters. The first-order valence-electron chi connectivity index (χ1n) is 12.0. The lowest BCUT2D eigenvalue weighted by Gasteiger charge is -2.31. The molecule has 0 saturated heterocycles. The monoisotopic (exact) mass is 585 g/mol. The molecule has 0 aromatic heterocycles. The lowest BCUT2D eigenvalue weighted by molar-refractivity contribution is -0.141. The molecular formula is C28H32BrN3O4S. The van der Waals surface area contributed by atoms with Crippen LogP contribution >= 0.6 is 15.9 Å². The molecule has 9 heteroatoms. The van der Waals surface area contributed by atoms with Crippen LogP contribution in [0.1, 0.15) is 24.0 Å². The SMILES string of the molecule is CNC(=O)[C@@H](Cc1ccccc1)N(Cc1ccc(Br)cc1)C(=O)CCCN(c1ccccc1)S(C)(=O)=O. The van der Waals surface area contributed by atoms with Crippen molar-refractivity contribution in [2.45, 2.75) is 31.8 Å². The van der Waals surface area contributed by atoms with Gasteiger partial charge in [0.2, 0.25) is 21.8 Å². The van der Waals surface area contributed by atoms with Crippen molar-refractivity contribution in [2.75, 3.05) is 24.2 Å². The Morgan fingerprint density at radius 1 is 0.892 bits per heavy atom. The van der Waals surface area contributed by atoms with Gasteiger partial charge in [-0.1, -0.05) is 76.6 Å². The van der Waals surface area contributed by atoms with Crippen molar-refractivity contribution in [2.24, 2.45) is 0 Å². The van der Waals surface area contributed by atoms with Gasteiger partial charge < -0.3 is 10.2 Å². The zero-order chi connectivity index (χ0) is 26.8. The molecule has 37 heavy (non-hydrogen) atoms. The van der Waals surface area contributed by atoms with Crippen LogP contribution in [0.3, 0.4) is 0 Å². The molecule has 1 N–H and O–H groups in total. The number of anilines is 1. The third kappa shape index (κ3) is 8.43. The van der Waals surface area contributed by atoms with Crippen LogP contribution in [0.15, 0.2) is 89.4 Å². The van der Waals surface area contributed by atoms with Gasteiger partial charge in [0.1, 0.15) is 6.04 Å². The average molecular weight is 587 g/mol. The highest BCUT2D eigenvalue weighted by atomic mass is 79.9. The van der Waals surface area contributed by atoms with Crippen LogP contribution in [0.5, 0.6) is 0 Å². The van der Waals surface area contributed by atoms with E-state index in [1.807, 2.05) is 60.7 Å². The minimum atomic E-state index is -3.52. The van der Waals surface area contributed by atoms with E-state index in [4.69, 9.17) is 0 Å². The highest BCUT2D eigenvalue weighted by molar-refractivity contribution is 9.10. The van der Waals surface area contributed by atoms with Crippen LogP contribution in [0.2, 0.25) is 0 Å². The van der Waals surface area contributed by atoms with Gasteiger partial charge in [-0.25, -0.2) is 8.42 Å². The third-order valence-corrected chi connectivity index (χ3v) is 7.70. The number of hydrogen-bond acceptors (Lipinski definition) is 4. The fourth-order valence-corrected chi connectivity index (χ4v) is 5.33. The molecule has 0 fully saturated rings. The van der Waals surface area contributed by atoms with Crippen molar-refractivity contribution in [3.63, 3.8) is 0 Å². The Bertz CT molecular complexity index is 1270. The van der Waals surface area contributed by atoms with Crippen molar-refractivity contribution in [1.29, 1.82) is 0 Å². The predicted octanol–water partition coefficient (Wildman–Crippen LogP) is 4.38. The Morgan fingerprint density at radius 2 is 1.49 bits per heavy atom. The summed E-state index contributed by atoms with van der Waals surface area (Å²) in [4.78, 5) is 28.2. The first kappa shape index (κ1) is 28.4. The molecule has 3 aromatic rings. The number of likely N-dealkylation sites (N-methyl/N-ethyl adjacent to an activating group) is 1. The topological polar surface area (TPSA) is 86.8 Å². The largest absolute Gasteiger partial charge is 0.357 e. The Labute approximate surface area is 227 Å². The minimum Gasteiger partial charge on any atom is -0.357 e. The molecule has 0 saturated carbocycles. The van der Waals surface area contributed by atoms with E-state index in [9.17, 15) is 18.0 Å². The Balaban J connectivity index is 1.83. The number of carbonyl (C=O) groups excluding carboxylic acids is 2. The standard InChI is InChI=1S/C28H32BrN3O4S/c1-30-28(34)26(20-22-10-5-3-6-11-22)31(21-23-15-17-24(29)18-16-23)27(33)14-9-19-32(37(2,35)36)25-12-7-4-8-13-25/h3-8,10-13,15-18,26H,9,14,19-21H2,1-2H3,(H,30,34)/t26-/m1/s1. The van der Waals surface area contributed by atoms with Crippen LogP contribution < -0.4 is 9.62 Å². The highest BCUT2D eigenvalue weighted by Gasteiger charge is 2.30. The molecule has 0 aliphatic heterocycles. The van der Waals surface area contributed by atoms with E-state index in [0.29, 0.717) is 18.5 Å². The summed E-state index contributed by atoms with van der Waals surface area (Å²) >= 11 is 3.43. The van der Waals surface area contributed by atoms with E-state index in [1.54, 1.807) is 36.2 Å². The van der Waals surface area contributed by atoms with Crippen molar-refractivity contribution < 1.29 is 18.0 Å². The molecular weight excluding hydrogens is 554 g/mol. The fraction of sp³-hybridized carbons (Fsp3) is 0.286. The second-order valence-corrected chi connectivity index (χ2v) is 11.6. The molecule has 0 bridgehead atoms. The lowest BCUT2D eigenvalue weighted by atomic mass is 10.0. The zero-order valence-corrected chi connectivity index (χ0v) is 23.4. The number of benzene rings is 3. The lowest BCUT2D eigenvalue weighted by Crippen LogP contribution is -2.49. The van der Waals surface area contributed by atoms with E-state index in [2.05, 4.69) is 21.2 Å². The zero-order valence-electron chi connectivity index (χ0n) is 21.0. The summed E-state index contributed by atoms with van der Waals surface area (Å²) in [6.45, 7) is 0.412. The van der Waals surface area contributed by atoms with Crippen LogP contribution in [0, 0.1) is 0 Å². The Hall–Kier alpha value is -3.17. The molecule has 196 valence electrons. The second-order valence-electron chi connectivity index (χ2n) is 8.74. The van der Waals surface area contributed by atoms with Gasteiger partial charge in [-0.3, -0.25) is 13.9 Å². The summed E-state index contributed by atoms with van der Waals surface area (Å²) in [5, 5.41) is 2.70. The maximum atomic E-state index is 13.6. The average Bonchev–Trinajstić information content (AvgIpc) is 2.89. The molecule has 7 nitrogen and oxygen atoms in total. The van der Waals surface area contributed by atoms with Gasteiger partial charge in [-0.15, -0.1) is 0 Å². The fourth-order valence-electron chi connectivity index (χ4n) is 4.11. The summed E-state index contributed by atoms with van der Waals surface area (Å²) in [7, 11) is -1.96. The van der Waals surface area contributed by atoms with E-state index in [0.717, 1.165) is 21.9 Å². The number of para-hydroxylation sites is 1. The molecule has 0 heterocycles. The number of halogens is 1. The number of rotatable bonds is 12. The Kier molecular flexibility index (Phi) is 10.3. The van der Waals surface area contributed by atoms with Gasteiger partial charge in [0.05, 0.1) is 11.9 Å². The van der Waals surface area contributed by atoms with Gasteiger partial charge in [-0.2, -0.15) is 0 Å². The van der Waals surface area contributed by atoms with Crippen molar-refractivity contribution >= 4 is 43.5 Å². The number of sulfonamides is 1. The number of nitrogens with zero attached hydrogens (tertiary/aromatic N) is 2. The van der Waals surface area contributed by atoms with Gasteiger partial charge in [-0.05, 0) is 41.8 Å². The van der Waals surface area contributed by atoms with E-state index in [-0.39, 0.29) is 31.3 Å². The number of carbonyl (C=O) groups is 2. The minimum absolute atomic E-state index is 0.0949. The van der Waals surface area contributed by atoms with Crippen LogP contribution in [-0.2, 0) is 32.6 Å². The van der Waals surface area contributed by atoms with Crippen LogP contribution in [0.4, 0.5) is 5.69 Å². The number of hydrogen-bond donors (Lipinski definition) is 1. The van der Waals surface area contributed by atoms with E-state index < -0.39 is 16.1 Å². The molecule has 0 aliphatic rings. The van der Waals surface area contributed by atoms with E-state index >= 15 is 0 Å². The summed E-state index contributed by atoms with van der Waals surface area (Å²) in [5.41, 5.74) is 2.38. The molecule has 1 atom stereocenters. The molecule has 0 radical (unpaired) electrons. The quantitative estimate of drug-likeness (QED) is 0.342. The van der Waals surface area contributed by atoms with Gasteiger partial charge in [0.15, 0.2) is 0 Å². The Morgan fingerprint density at radius 3 is 2.05 bits per heavy atom. The summed E-state index contributed by atoms with van der Waals surface area (Å²) in [6.07, 6.45) is 1.92. The van der Waals surface area contributed by atoms with Gasteiger partial charge in [0, 0.05) is 37.5 Å². The molecule has 3 aromatic carbocycles. The predicted molar refractivity (Wildman–Crippen MR) is 151 cm³/mol. The van der Waals surface area contributed by atoms with Crippen molar-refractivity contribution in [3.05, 3.63) is 101 Å². The maximum absolute atomic E-state index is 13.6. The molecule has 0 aliphatic carbocycles. The summed E-state index contributed by atoms with van der Waals surface area (Å²) in [6, 6.07) is 25.3. The smallest absolute Gasteiger partial charge is 0.242 e. The van der Waals surface area contributed by atoms with Gasteiger partial charge >= 0.3 is 0 Å². The first-order chi connectivity index (χ1) is 17.7. The van der Waals surface area contributed by atoms with Crippen molar-refractivity contribution in [3.8, 4) is 0 Å². The van der Waals surface area contributed by atoms with Crippen LogP contribution in [-0.4, -0.2) is 51.0 Å². The molecule has 3 rings (SSSR count). The summed E-state index contributed by atoms with van der Waals surface area (Å²) < 4.78 is 27.1. The number of amides is 2. The maximum Gasteiger partial charge on any atom is 0.242 e. The normalized spacial score (nSPS) is 12.0. The first-order valence-corrected chi connectivity index (χ1v) is 14.7. The molecule has 2 amide bonds. The van der Waals surface area contributed by atoms with Crippen molar-refractivity contribution in [1.82, 2.24) is 10.2 Å². The highest BCUT2D eigenvalue weighted by Crippen LogP contribution is 2.20. The third-order valence-electron chi connectivity index (χ3n) is 5.98. The van der Waals surface area contributed by atoms with Crippen LogP contribution in [0.25, 0.3) is 0 Å². The second kappa shape index (κ2) is 13.4. The summed E-state index contributed by atoms with van der Waals surface area (Å²) in [5.74, 6) is -0.467. The van der Waals surface area contributed by atoms with Gasteiger partial charge in [0.25, 0.3) is 0 Å². The van der Waals surface area contributed by atoms with E-state index in [1.165, 1.54) is 4.31 Å².